The van der Waals surface area contributed by atoms with Crippen molar-refractivity contribution >= 4 is 22.6 Å². The number of carbonyl (C=O) groups is 1. The summed E-state index contributed by atoms with van der Waals surface area (Å²) < 4.78 is 26.5. The third-order valence-corrected chi connectivity index (χ3v) is 2.79. The smallest absolute Gasteiger partial charge is 0.260 e. The molecule has 2 N–H and O–H groups in total. The predicted octanol–water partition coefficient (Wildman–Crippen LogP) is 2.49. The lowest BCUT2D eigenvalue weighted by molar-refractivity contribution is 0.102. The first kappa shape index (κ1) is 12.2. The highest BCUT2D eigenvalue weighted by molar-refractivity contribution is 6.07. The molecular formula is C13H8F2N4O. The Bertz CT molecular complexity index is 800. The molecule has 7 heteroatoms. The Morgan fingerprint density at radius 2 is 2.00 bits per heavy atom. The van der Waals surface area contributed by atoms with Crippen LogP contribution in [0, 0.1) is 11.8 Å². The SMILES string of the molecule is O=C(Nc1n[nH]c2ccccc12)c1ccnc(F)c1F. The van der Waals surface area contributed by atoms with E-state index in [1.807, 2.05) is 6.07 Å². The lowest BCUT2D eigenvalue weighted by atomic mass is 10.2. The third-order valence-electron chi connectivity index (χ3n) is 2.79. The van der Waals surface area contributed by atoms with Crippen LogP contribution in [0.5, 0.6) is 0 Å². The highest BCUT2D eigenvalue weighted by atomic mass is 19.2. The van der Waals surface area contributed by atoms with E-state index in [0.717, 1.165) is 17.8 Å². The third kappa shape index (κ3) is 1.99. The minimum Gasteiger partial charge on any atom is -0.304 e. The molecule has 0 radical (unpaired) electrons. The van der Waals surface area contributed by atoms with Crippen molar-refractivity contribution in [3.8, 4) is 0 Å². The lowest BCUT2D eigenvalue weighted by Crippen LogP contribution is -2.15. The summed E-state index contributed by atoms with van der Waals surface area (Å²) in [5.74, 6) is -3.14. The normalized spacial score (nSPS) is 10.7. The molecule has 1 aromatic carbocycles. The highest BCUT2D eigenvalue weighted by Crippen LogP contribution is 2.20. The number of pyridine rings is 1. The van der Waals surface area contributed by atoms with E-state index in [4.69, 9.17) is 0 Å². The molecule has 3 aromatic rings. The van der Waals surface area contributed by atoms with Gasteiger partial charge in [0.2, 0.25) is 5.95 Å². The van der Waals surface area contributed by atoms with Gasteiger partial charge in [-0.05, 0) is 18.2 Å². The molecule has 1 amide bonds. The van der Waals surface area contributed by atoms with Gasteiger partial charge in [-0.2, -0.15) is 9.49 Å². The quantitative estimate of drug-likeness (QED) is 0.705. The van der Waals surface area contributed by atoms with Crippen molar-refractivity contribution in [3.05, 3.63) is 53.9 Å². The van der Waals surface area contributed by atoms with E-state index in [1.165, 1.54) is 0 Å². The summed E-state index contributed by atoms with van der Waals surface area (Å²) in [6, 6.07) is 8.22. The molecule has 0 spiro atoms. The minimum atomic E-state index is -1.32. The van der Waals surface area contributed by atoms with Crippen LogP contribution in [0.3, 0.4) is 0 Å². The number of halogens is 2. The zero-order chi connectivity index (χ0) is 14.1. The van der Waals surface area contributed by atoms with Crippen LogP contribution in [0.4, 0.5) is 14.6 Å². The molecule has 20 heavy (non-hydrogen) atoms. The maximum atomic E-state index is 13.5. The number of carbonyl (C=O) groups excluding carboxylic acids is 1. The van der Waals surface area contributed by atoms with Gasteiger partial charge in [-0.3, -0.25) is 9.89 Å². The van der Waals surface area contributed by atoms with Crippen LogP contribution in [0.1, 0.15) is 10.4 Å². The zero-order valence-electron chi connectivity index (χ0n) is 10.0. The van der Waals surface area contributed by atoms with E-state index in [-0.39, 0.29) is 5.82 Å². The number of nitrogens with zero attached hydrogens (tertiary/aromatic N) is 2. The van der Waals surface area contributed by atoms with Gasteiger partial charge in [0, 0.05) is 11.6 Å². The second-order valence-corrected chi connectivity index (χ2v) is 4.04. The van der Waals surface area contributed by atoms with Gasteiger partial charge in [-0.25, -0.2) is 9.37 Å². The molecule has 0 saturated carbocycles. The van der Waals surface area contributed by atoms with Crippen LogP contribution in [0.2, 0.25) is 0 Å². The molecule has 0 fully saturated rings. The Balaban J connectivity index is 1.95. The summed E-state index contributed by atoms with van der Waals surface area (Å²) in [7, 11) is 0. The lowest BCUT2D eigenvalue weighted by Gasteiger charge is -2.03. The fourth-order valence-electron chi connectivity index (χ4n) is 1.83. The van der Waals surface area contributed by atoms with Crippen LogP contribution in [-0.4, -0.2) is 21.1 Å². The first-order chi connectivity index (χ1) is 9.66. The minimum absolute atomic E-state index is 0.252. The van der Waals surface area contributed by atoms with Gasteiger partial charge in [0.15, 0.2) is 11.6 Å². The van der Waals surface area contributed by atoms with E-state index in [0.29, 0.717) is 5.39 Å². The summed E-state index contributed by atoms with van der Waals surface area (Å²) in [5, 5.41) is 9.76. The number of fused-ring (bicyclic) bond motifs is 1. The van der Waals surface area contributed by atoms with E-state index in [2.05, 4.69) is 20.5 Å². The Kier molecular flexibility index (Phi) is 2.86. The molecule has 0 unspecified atom stereocenters. The van der Waals surface area contributed by atoms with Gasteiger partial charge in [0.05, 0.1) is 11.1 Å². The molecule has 0 bridgehead atoms. The largest absolute Gasteiger partial charge is 0.304 e. The van der Waals surface area contributed by atoms with Gasteiger partial charge in [0.1, 0.15) is 0 Å². The van der Waals surface area contributed by atoms with Gasteiger partial charge in [0.25, 0.3) is 5.91 Å². The van der Waals surface area contributed by atoms with Crippen molar-refractivity contribution < 1.29 is 13.6 Å². The maximum Gasteiger partial charge on any atom is 0.260 e. The van der Waals surface area contributed by atoms with E-state index < -0.39 is 23.2 Å². The van der Waals surface area contributed by atoms with Crippen molar-refractivity contribution in [2.45, 2.75) is 0 Å². The molecule has 5 nitrogen and oxygen atoms in total. The van der Waals surface area contributed by atoms with Gasteiger partial charge in [-0.1, -0.05) is 12.1 Å². The number of rotatable bonds is 2. The Morgan fingerprint density at radius 1 is 1.20 bits per heavy atom. The number of anilines is 1. The standard InChI is InChI=1S/C13H8F2N4O/c14-10-8(5-6-16-11(10)15)13(20)17-12-7-3-1-2-4-9(7)18-19-12/h1-6H,(H2,17,18,19,20). The van der Waals surface area contributed by atoms with Crippen molar-refractivity contribution in [2.24, 2.45) is 0 Å². The second kappa shape index (κ2) is 4.69. The molecule has 0 aliphatic rings. The summed E-state index contributed by atoms with van der Waals surface area (Å²) >= 11 is 0. The molecular weight excluding hydrogens is 266 g/mol. The van der Waals surface area contributed by atoms with Crippen LogP contribution < -0.4 is 5.32 Å². The van der Waals surface area contributed by atoms with Gasteiger partial charge < -0.3 is 5.32 Å². The Morgan fingerprint density at radius 3 is 2.85 bits per heavy atom. The zero-order valence-corrected chi connectivity index (χ0v) is 10.0. The maximum absolute atomic E-state index is 13.5. The number of H-pyrrole nitrogens is 1. The Labute approximate surface area is 111 Å². The molecule has 0 aliphatic carbocycles. The van der Waals surface area contributed by atoms with Gasteiger partial charge in [-0.15, -0.1) is 0 Å². The number of hydrogen-bond acceptors (Lipinski definition) is 3. The number of hydrogen-bond donors (Lipinski definition) is 2. The van der Waals surface area contributed by atoms with Gasteiger partial charge >= 0.3 is 0 Å². The Hall–Kier alpha value is -2.83. The predicted molar refractivity (Wildman–Crippen MR) is 68.2 cm³/mol. The molecule has 3 rings (SSSR count). The van der Waals surface area contributed by atoms with Crippen LogP contribution in [0.25, 0.3) is 10.9 Å². The first-order valence-electron chi connectivity index (χ1n) is 5.71. The number of aromatic nitrogens is 3. The van der Waals surface area contributed by atoms with Crippen LogP contribution in [-0.2, 0) is 0 Å². The average Bonchev–Trinajstić information content (AvgIpc) is 2.85. The number of para-hydroxylation sites is 1. The molecule has 2 aromatic heterocycles. The number of benzene rings is 1. The van der Waals surface area contributed by atoms with E-state index in [9.17, 15) is 13.6 Å². The van der Waals surface area contributed by atoms with Crippen molar-refractivity contribution in [2.75, 3.05) is 5.32 Å². The molecule has 0 saturated heterocycles. The fraction of sp³-hybridized carbons (Fsp3) is 0. The van der Waals surface area contributed by atoms with E-state index in [1.54, 1.807) is 18.2 Å². The summed E-state index contributed by atoms with van der Waals surface area (Å²) in [5.41, 5.74) is 0.300. The van der Waals surface area contributed by atoms with Crippen LogP contribution in [0.15, 0.2) is 36.5 Å². The van der Waals surface area contributed by atoms with Crippen molar-refractivity contribution in [1.82, 2.24) is 15.2 Å². The number of amides is 1. The second-order valence-electron chi connectivity index (χ2n) is 4.04. The number of nitrogens with one attached hydrogen (secondary N) is 2. The van der Waals surface area contributed by atoms with E-state index >= 15 is 0 Å². The molecule has 100 valence electrons. The van der Waals surface area contributed by atoms with Crippen LogP contribution >= 0.6 is 0 Å². The topological polar surface area (TPSA) is 70.7 Å². The monoisotopic (exact) mass is 274 g/mol. The first-order valence-corrected chi connectivity index (χ1v) is 5.71. The van der Waals surface area contributed by atoms with Crippen molar-refractivity contribution in [1.29, 1.82) is 0 Å². The molecule has 2 heterocycles. The molecule has 0 aliphatic heterocycles. The summed E-state index contributed by atoms with van der Waals surface area (Å²) in [6.45, 7) is 0. The highest BCUT2D eigenvalue weighted by Gasteiger charge is 2.17. The summed E-state index contributed by atoms with van der Waals surface area (Å²) in [4.78, 5) is 15.1. The fourth-order valence-corrected chi connectivity index (χ4v) is 1.83. The average molecular weight is 274 g/mol. The summed E-state index contributed by atoms with van der Waals surface area (Å²) in [6.07, 6.45) is 1.02. The van der Waals surface area contributed by atoms with Crippen molar-refractivity contribution in [3.63, 3.8) is 0 Å². The number of aromatic amines is 1. The molecule has 0 atom stereocenters.